The summed E-state index contributed by atoms with van der Waals surface area (Å²) >= 11 is 1.48. The topological polar surface area (TPSA) is 89.5 Å². The second-order valence-corrected chi connectivity index (χ2v) is 6.67. The van der Waals surface area contributed by atoms with Crippen LogP contribution in [0.5, 0.6) is 0 Å². The number of nitrogens with zero attached hydrogens (tertiary/aromatic N) is 4. The van der Waals surface area contributed by atoms with Gasteiger partial charge in [-0.15, -0.1) is 11.3 Å². The van der Waals surface area contributed by atoms with E-state index in [-0.39, 0.29) is 12.5 Å². The summed E-state index contributed by atoms with van der Waals surface area (Å²) in [6.07, 6.45) is 6.24. The number of hydrogen-bond acceptors (Lipinski definition) is 7. The Bertz CT molecular complexity index is 776. The maximum Gasteiger partial charge on any atom is 0.116 e. The molecular weight excluding hydrogens is 324 g/mol. The summed E-state index contributed by atoms with van der Waals surface area (Å²) in [5, 5.41) is 22.6. The molecule has 0 saturated carbocycles. The summed E-state index contributed by atoms with van der Waals surface area (Å²) < 4.78 is 5.38. The van der Waals surface area contributed by atoms with Gasteiger partial charge in [0.1, 0.15) is 17.6 Å². The van der Waals surface area contributed by atoms with Crippen LogP contribution in [-0.4, -0.2) is 26.3 Å². The average Bonchev–Trinajstić information content (AvgIpc) is 3.01. The third kappa shape index (κ3) is 3.09. The van der Waals surface area contributed by atoms with E-state index in [1.807, 2.05) is 12.2 Å². The minimum atomic E-state index is -0.000425. The minimum absolute atomic E-state index is 0.000425. The molecule has 0 bridgehead atoms. The fraction of sp³-hybridized carbons (Fsp3) is 0.412. The van der Waals surface area contributed by atoms with Gasteiger partial charge in [0.25, 0.3) is 0 Å². The summed E-state index contributed by atoms with van der Waals surface area (Å²) in [7, 11) is 0. The molecule has 2 heterocycles. The number of allylic oxidation sites excluding steroid dienone is 4. The molecule has 3 rings (SSSR count). The predicted octanol–water partition coefficient (Wildman–Crippen LogP) is 3.22. The molecule has 0 radical (unpaired) electrons. The molecule has 1 unspecified atom stereocenters. The van der Waals surface area contributed by atoms with E-state index < -0.39 is 0 Å². The highest BCUT2D eigenvalue weighted by Crippen LogP contribution is 2.43. The number of anilines is 1. The summed E-state index contributed by atoms with van der Waals surface area (Å²) in [6.45, 7) is 2.81. The Morgan fingerprint density at radius 1 is 1.33 bits per heavy atom. The van der Waals surface area contributed by atoms with E-state index in [0.29, 0.717) is 30.8 Å². The van der Waals surface area contributed by atoms with Gasteiger partial charge in [0.15, 0.2) is 0 Å². The summed E-state index contributed by atoms with van der Waals surface area (Å²) in [6, 6.07) is 4.45. The Morgan fingerprint density at radius 3 is 2.71 bits per heavy atom. The molecule has 2 aliphatic rings. The number of morpholine rings is 1. The first-order valence-corrected chi connectivity index (χ1v) is 8.56. The van der Waals surface area contributed by atoms with Gasteiger partial charge in [0, 0.05) is 29.5 Å². The summed E-state index contributed by atoms with van der Waals surface area (Å²) in [5.74, 6) is -0.000425. The van der Waals surface area contributed by atoms with Crippen molar-refractivity contribution in [1.29, 1.82) is 10.5 Å². The quantitative estimate of drug-likeness (QED) is 0.785. The van der Waals surface area contributed by atoms with Crippen LogP contribution >= 0.6 is 11.3 Å². The van der Waals surface area contributed by atoms with Crippen LogP contribution < -0.4 is 4.90 Å². The number of hydrogen-bond donors (Lipinski definition) is 0. The van der Waals surface area contributed by atoms with Gasteiger partial charge >= 0.3 is 0 Å². The third-order valence-corrected chi connectivity index (χ3v) is 5.47. The Hall–Kier alpha value is -2.48. The highest BCUT2D eigenvalue weighted by atomic mass is 32.1. The molecule has 7 heteroatoms. The fourth-order valence-corrected chi connectivity index (χ4v) is 4.34. The van der Waals surface area contributed by atoms with Crippen molar-refractivity contribution in [3.63, 3.8) is 0 Å². The van der Waals surface area contributed by atoms with Crippen LogP contribution in [-0.2, 0) is 11.3 Å². The molecule has 122 valence electrons. The lowest BCUT2D eigenvalue weighted by atomic mass is 9.88. The van der Waals surface area contributed by atoms with Crippen molar-refractivity contribution in [2.75, 3.05) is 31.2 Å². The van der Waals surface area contributed by atoms with Gasteiger partial charge in [-0.05, 0) is 18.1 Å². The Balaban J connectivity index is 2.01. The lowest BCUT2D eigenvalue weighted by molar-refractivity contribution is 0.123. The van der Waals surface area contributed by atoms with Crippen LogP contribution in [0.25, 0.3) is 0 Å². The molecule has 0 spiro atoms. The van der Waals surface area contributed by atoms with E-state index in [1.165, 1.54) is 11.3 Å². The molecule has 0 aromatic carbocycles. The van der Waals surface area contributed by atoms with Crippen molar-refractivity contribution in [2.24, 2.45) is 5.18 Å². The highest BCUT2D eigenvalue weighted by molar-refractivity contribution is 7.16. The van der Waals surface area contributed by atoms with E-state index in [4.69, 9.17) is 10.00 Å². The average molecular weight is 340 g/mol. The molecule has 6 nitrogen and oxygen atoms in total. The summed E-state index contributed by atoms with van der Waals surface area (Å²) in [5.41, 5.74) is 2.14. The maximum atomic E-state index is 10.9. The van der Waals surface area contributed by atoms with Crippen molar-refractivity contribution in [1.82, 2.24) is 0 Å². The lowest BCUT2D eigenvalue weighted by Crippen LogP contribution is -2.36. The van der Waals surface area contributed by atoms with Crippen molar-refractivity contribution >= 4 is 16.3 Å². The van der Waals surface area contributed by atoms with Crippen molar-refractivity contribution in [3.05, 3.63) is 44.7 Å². The molecular formula is C17H16N4O2S. The molecule has 1 aliphatic heterocycles. The Kier molecular flexibility index (Phi) is 5.05. The zero-order chi connectivity index (χ0) is 16.9. The van der Waals surface area contributed by atoms with Crippen LogP contribution in [0.3, 0.4) is 0 Å². The smallest absolute Gasteiger partial charge is 0.116 e. The predicted molar refractivity (Wildman–Crippen MR) is 91.8 cm³/mol. The zero-order valence-corrected chi connectivity index (χ0v) is 13.9. The molecule has 1 aliphatic carbocycles. The van der Waals surface area contributed by atoms with E-state index in [2.05, 4.69) is 22.2 Å². The first-order valence-electron chi connectivity index (χ1n) is 7.74. The second kappa shape index (κ2) is 7.39. The maximum absolute atomic E-state index is 10.9. The minimum Gasteiger partial charge on any atom is -0.378 e. The van der Waals surface area contributed by atoms with Crippen molar-refractivity contribution < 1.29 is 4.74 Å². The number of rotatable bonds is 4. The Morgan fingerprint density at radius 2 is 2.12 bits per heavy atom. The number of nitriles is 2. The van der Waals surface area contributed by atoms with E-state index in [9.17, 15) is 10.2 Å². The van der Waals surface area contributed by atoms with Crippen LogP contribution in [0.4, 0.5) is 5.00 Å². The SMILES string of the molecule is N#CC1=CCC(c2c(CN=O)sc(N3CCOCC3)c2C#N)C=C1. The molecule has 0 amide bonds. The van der Waals surface area contributed by atoms with Gasteiger partial charge in [0.05, 0.1) is 24.8 Å². The van der Waals surface area contributed by atoms with E-state index in [0.717, 1.165) is 28.5 Å². The number of nitroso groups, excluding NO2 is 1. The van der Waals surface area contributed by atoms with Crippen LogP contribution in [0.2, 0.25) is 0 Å². The van der Waals surface area contributed by atoms with Crippen LogP contribution in [0, 0.1) is 27.6 Å². The summed E-state index contributed by atoms with van der Waals surface area (Å²) in [4.78, 5) is 13.8. The van der Waals surface area contributed by atoms with Gasteiger partial charge in [-0.1, -0.05) is 17.3 Å². The van der Waals surface area contributed by atoms with Gasteiger partial charge < -0.3 is 9.64 Å². The molecule has 1 fully saturated rings. The van der Waals surface area contributed by atoms with Gasteiger partial charge in [-0.2, -0.15) is 15.4 Å². The van der Waals surface area contributed by atoms with E-state index >= 15 is 0 Å². The fourth-order valence-electron chi connectivity index (χ4n) is 3.06. The molecule has 1 atom stereocenters. The Labute approximate surface area is 144 Å². The molecule has 1 aromatic rings. The van der Waals surface area contributed by atoms with Crippen molar-refractivity contribution in [3.8, 4) is 12.1 Å². The molecule has 1 aromatic heterocycles. The largest absolute Gasteiger partial charge is 0.378 e. The number of thiophene rings is 1. The third-order valence-electron chi connectivity index (χ3n) is 4.22. The molecule has 24 heavy (non-hydrogen) atoms. The van der Waals surface area contributed by atoms with Crippen molar-refractivity contribution in [2.45, 2.75) is 18.9 Å². The second-order valence-electron chi connectivity index (χ2n) is 5.59. The van der Waals surface area contributed by atoms with Gasteiger partial charge in [-0.25, -0.2) is 0 Å². The van der Waals surface area contributed by atoms with E-state index in [1.54, 1.807) is 6.08 Å². The highest BCUT2D eigenvalue weighted by Gasteiger charge is 2.27. The first kappa shape index (κ1) is 16.4. The normalized spacial score (nSPS) is 20.2. The molecule has 0 N–H and O–H groups in total. The zero-order valence-electron chi connectivity index (χ0n) is 13.1. The monoisotopic (exact) mass is 340 g/mol. The van der Waals surface area contributed by atoms with Gasteiger partial charge in [-0.3, -0.25) is 0 Å². The first-order chi connectivity index (χ1) is 11.8. The molecule has 1 saturated heterocycles. The van der Waals surface area contributed by atoms with Crippen LogP contribution in [0.15, 0.2) is 29.0 Å². The van der Waals surface area contributed by atoms with Crippen LogP contribution in [0.1, 0.15) is 28.3 Å². The standard InChI is InChI=1S/C17H16N4O2S/c18-9-12-1-3-13(4-2-12)16-14(10-19)17(24-15(16)11-20-22)21-5-7-23-8-6-21/h1-3,13H,4-8,11H2. The van der Waals surface area contributed by atoms with Gasteiger partial charge in [0.2, 0.25) is 0 Å². The number of ether oxygens (including phenoxy) is 1. The lowest BCUT2D eigenvalue weighted by Gasteiger charge is -2.28.